The number of piperazine rings is 1. The highest BCUT2D eigenvalue weighted by molar-refractivity contribution is 6.30. The Kier molecular flexibility index (Phi) is 6.02. The van der Waals surface area contributed by atoms with Gasteiger partial charge in [0.1, 0.15) is 25.0 Å². The topological polar surface area (TPSA) is 60.3 Å². The Morgan fingerprint density at radius 1 is 1.14 bits per heavy atom. The predicted molar refractivity (Wildman–Crippen MR) is 108 cm³/mol. The van der Waals surface area contributed by atoms with Gasteiger partial charge < -0.3 is 19.3 Å². The van der Waals surface area contributed by atoms with Crippen LogP contribution in [0.4, 0.5) is 0 Å². The van der Waals surface area contributed by atoms with Gasteiger partial charge in [0.2, 0.25) is 5.91 Å². The van der Waals surface area contributed by atoms with E-state index in [0.717, 1.165) is 30.9 Å². The van der Waals surface area contributed by atoms with Crippen LogP contribution >= 0.6 is 11.6 Å². The molecule has 2 heterocycles. The Hall–Kier alpha value is -2.57. The number of rotatable bonds is 6. The van der Waals surface area contributed by atoms with Crippen LogP contribution in [0.3, 0.4) is 0 Å². The number of hydrogen-bond acceptors (Lipinski definition) is 4. The van der Waals surface area contributed by atoms with Crippen molar-refractivity contribution in [3.63, 3.8) is 0 Å². The molecule has 4 rings (SSSR count). The molecule has 0 aromatic heterocycles. The van der Waals surface area contributed by atoms with E-state index >= 15 is 0 Å². The Morgan fingerprint density at radius 2 is 1.86 bits per heavy atom. The van der Waals surface area contributed by atoms with Crippen molar-refractivity contribution >= 4 is 23.5 Å². The highest BCUT2D eigenvalue weighted by Gasteiger charge is 2.34. The van der Waals surface area contributed by atoms with Crippen LogP contribution in [0.15, 0.2) is 48.5 Å². The van der Waals surface area contributed by atoms with Gasteiger partial charge in [0.05, 0.1) is 38.2 Å². The summed E-state index contributed by atoms with van der Waals surface area (Å²) in [5.74, 6) is 0.512. The summed E-state index contributed by atoms with van der Waals surface area (Å²) in [5, 5.41) is 0.694. The summed E-state index contributed by atoms with van der Waals surface area (Å²) in [6, 6.07) is 14.6. The van der Waals surface area contributed by atoms with E-state index in [1.165, 1.54) is 4.90 Å². The first-order valence-electron chi connectivity index (χ1n) is 9.90. The monoisotopic (exact) mass is 415 g/mol. The van der Waals surface area contributed by atoms with Crippen molar-refractivity contribution in [2.24, 2.45) is 0 Å². The molecule has 0 saturated carbocycles. The zero-order chi connectivity index (χ0) is 20.2. The Labute approximate surface area is 174 Å². The lowest BCUT2D eigenvalue weighted by molar-refractivity contribution is -0.904. The van der Waals surface area contributed by atoms with Gasteiger partial charge in [-0.25, -0.2) is 4.79 Å². The average molecular weight is 416 g/mol. The quantitative estimate of drug-likeness (QED) is 0.730. The fraction of sp³-hybridized carbons (Fsp3) is 0.364. The van der Waals surface area contributed by atoms with Gasteiger partial charge in [-0.1, -0.05) is 29.8 Å². The molecule has 2 aromatic rings. The maximum atomic E-state index is 12.7. The zero-order valence-electron chi connectivity index (χ0n) is 16.1. The fourth-order valence-corrected chi connectivity index (χ4v) is 3.95. The number of ether oxygens (including phenoxy) is 2. The fourth-order valence-electron chi connectivity index (χ4n) is 3.83. The third kappa shape index (κ3) is 4.71. The molecule has 0 bridgehead atoms. The second-order valence-electron chi connectivity index (χ2n) is 7.37. The normalized spacial score (nSPS) is 19.0. The molecule has 0 spiro atoms. The zero-order valence-corrected chi connectivity index (χ0v) is 16.9. The van der Waals surface area contributed by atoms with Gasteiger partial charge >= 0.3 is 5.97 Å². The Morgan fingerprint density at radius 3 is 2.62 bits per heavy atom. The number of carbonyl (C=O) groups excluding carboxylic acids is 2. The summed E-state index contributed by atoms with van der Waals surface area (Å²) in [7, 11) is 0. The smallest absolute Gasteiger partial charge is 0.339 e. The second-order valence-corrected chi connectivity index (χ2v) is 7.80. The molecule has 0 unspecified atom stereocenters. The molecule has 0 radical (unpaired) electrons. The van der Waals surface area contributed by atoms with Crippen LogP contribution in [0, 0.1) is 0 Å². The minimum absolute atomic E-state index is 0.0379. The van der Waals surface area contributed by atoms with Gasteiger partial charge in [-0.05, 0) is 30.3 Å². The molecule has 1 amide bonds. The van der Waals surface area contributed by atoms with Gasteiger partial charge in [0.25, 0.3) is 0 Å². The molecule has 1 atom stereocenters. The van der Waals surface area contributed by atoms with E-state index in [1.807, 2.05) is 47.4 Å². The maximum Gasteiger partial charge on any atom is 0.339 e. The number of esters is 1. The summed E-state index contributed by atoms with van der Waals surface area (Å²) in [4.78, 5) is 27.9. The summed E-state index contributed by atoms with van der Waals surface area (Å²) >= 11 is 5.88. The SMILES string of the molecule is O=C1O[C@H](CC(=O)N2CC[NH+](CCOc3ccc(Cl)cc3)CC2)c2ccccc21. The minimum atomic E-state index is -0.468. The van der Waals surface area contributed by atoms with Gasteiger partial charge in [-0.2, -0.15) is 0 Å². The number of nitrogens with zero attached hydrogens (tertiary/aromatic N) is 1. The first-order valence-corrected chi connectivity index (χ1v) is 10.3. The van der Waals surface area contributed by atoms with Crippen molar-refractivity contribution in [1.29, 1.82) is 0 Å². The third-order valence-electron chi connectivity index (χ3n) is 5.50. The van der Waals surface area contributed by atoms with E-state index in [2.05, 4.69) is 0 Å². The van der Waals surface area contributed by atoms with Crippen molar-refractivity contribution < 1.29 is 24.0 Å². The lowest BCUT2D eigenvalue weighted by Gasteiger charge is -2.32. The van der Waals surface area contributed by atoms with Crippen LogP contribution in [-0.4, -0.2) is 56.1 Å². The summed E-state index contributed by atoms with van der Waals surface area (Å²) in [6.07, 6.45) is -0.262. The van der Waals surface area contributed by atoms with E-state index < -0.39 is 6.10 Å². The van der Waals surface area contributed by atoms with Crippen LogP contribution in [0.5, 0.6) is 5.75 Å². The molecule has 2 aromatic carbocycles. The molecule has 0 aliphatic carbocycles. The van der Waals surface area contributed by atoms with Crippen molar-refractivity contribution in [2.45, 2.75) is 12.5 Å². The largest absolute Gasteiger partial charge is 0.488 e. The van der Waals surface area contributed by atoms with E-state index in [4.69, 9.17) is 21.1 Å². The lowest BCUT2D eigenvalue weighted by Crippen LogP contribution is -3.15. The molecule has 1 fully saturated rings. The standard InChI is InChI=1S/C22H23ClN2O4/c23-16-5-7-17(8-6-16)28-14-13-24-9-11-25(12-10-24)21(26)15-20-18-3-1-2-4-19(18)22(27)29-20/h1-8,20H,9-15H2/p+1/t20-/m1/s1. The Bertz CT molecular complexity index is 879. The van der Waals surface area contributed by atoms with Crippen LogP contribution in [0.25, 0.3) is 0 Å². The van der Waals surface area contributed by atoms with E-state index in [0.29, 0.717) is 30.3 Å². The Balaban J connectivity index is 1.21. The van der Waals surface area contributed by atoms with Gasteiger partial charge in [-0.3, -0.25) is 4.79 Å². The average Bonchev–Trinajstić information content (AvgIpc) is 3.06. The van der Waals surface area contributed by atoms with Gasteiger partial charge in [-0.15, -0.1) is 0 Å². The number of nitrogens with one attached hydrogen (secondary N) is 1. The molecule has 29 heavy (non-hydrogen) atoms. The highest BCUT2D eigenvalue weighted by Crippen LogP contribution is 2.33. The first kappa shape index (κ1) is 19.7. The molecule has 7 heteroatoms. The van der Waals surface area contributed by atoms with Crippen LogP contribution in [0.2, 0.25) is 5.02 Å². The van der Waals surface area contributed by atoms with E-state index in [-0.39, 0.29) is 18.3 Å². The molecule has 2 aliphatic rings. The van der Waals surface area contributed by atoms with Crippen molar-refractivity contribution in [3.8, 4) is 5.75 Å². The van der Waals surface area contributed by atoms with Crippen molar-refractivity contribution in [3.05, 3.63) is 64.7 Å². The van der Waals surface area contributed by atoms with Crippen LogP contribution in [0.1, 0.15) is 28.4 Å². The predicted octanol–water partition coefficient (Wildman–Crippen LogP) is 1.75. The summed E-state index contributed by atoms with van der Waals surface area (Å²) in [6.45, 7) is 4.69. The highest BCUT2D eigenvalue weighted by atomic mass is 35.5. The minimum Gasteiger partial charge on any atom is -0.488 e. The van der Waals surface area contributed by atoms with Crippen LogP contribution in [-0.2, 0) is 9.53 Å². The molecular weight excluding hydrogens is 392 g/mol. The summed E-state index contributed by atoms with van der Waals surface area (Å²) in [5.41, 5.74) is 1.38. The molecule has 1 N–H and O–H groups in total. The summed E-state index contributed by atoms with van der Waals surface area (Å²) < 4.78 is 11.2. The molecule has 152 valence electrons. The second kappa shape index (κ2) is 8.84. The molecular formula is C22H24ClN2O4+. The number of hydrogen-bond donors (Lipinski definition) is 1. The van der Waals surface area contributed by atoms with E-state index in [1.54, 1.807) is 6.07 Å². The van der Waals surface area contributed by atoms with Gasteiger partial charge in [0.15, 0.2) is 0 Å². The maximum absolute atomic E-state index is 12.7. The number of quaternary nitrogens is 1. The van der Waals surface area contributed by atoms with Gasteiger partial charge in [0, 0.05) is 10.6 Å². The number of halogens is 1. The molecule has 2 aliphatic heterocycles. The number of carbonyl (C=O) groups is 2. The lowest BCUT2D eigenvalue weighted by atomic mass is 10.0. The molecule has 1 saturated heterocycles. The van der Waals surface area contributed by atoms with Crippen molar-refractivity contribution in [2.75, 3.05) is 39.3 Å². The first-order chi connectivity index (χ1) is 14.1. The third-order valence-corrected chi connectivity index (χ3v) is 5.75. The molecule has 6 nitrogen and oxygen atoms in total. The van der Waals surface area contributed by atoms with E-state index in [9.17, 15) is 9.59 Å². The van der Waals surface area contributed by atoms with Crippen LogP contribution < -0.4 is 9.64 Å². The number of cyclic esters (lactones) is 1. The number of amides is 1. The number of fused-ring (bicyclic) bond motifs is 1. The number of benzene rings is 2. The van der Waals surface area contributed by atoms with Crippen molar-refractivity contribution in [1.82, 2.24) is 4.90 Å².